The average Bonchev–Trinajstić information content (AvgIpc) is 2.06. The summed E-state index contributed by atoms with van der Waals surface area (Å²) in [5.74, 6) is -1.07. The maximum atomic E-state index is 10.1. The molecule has 0 aliphatic heterocycles. The van der Waals surface area contributed by atoms with Crippen LogP contribution in [-0.2, 0) is 4.79 Å². The fraction of sp³-hybridized carbons (Fsp3) is 0.125. The number of carbonyl (C=O) groups is 1. The largest absolute Gasteiger partial charge is 1.00 e. The van der Waals surface area contributed by atoms with Crippen LogP contribution < -0.4 is 39.4 Å². The van der Waals surface area contributed by atoms with Crippen molar-refractivity contribution in [2.24, 2.45) is 0 Å². The van der Waals surface area contributed by atoms with Crippen molar-refractivity contribution in [2.75, 3.05) is 6.61 Å². The number of aliphatic carboxylic acids is 1. The van der Waals surface area contributed by atoms with Gasteiger partial charge in [-0.05, 0) is 12.1 Å². The second-order valence-electron chi connectivity index (χ2n) is 2.24. The number of carboxylic acid groups (broad SMARTS) is 1. The van der Waals surface area contributed by atoms with E-state index in [1.54, 1.807) is 6.07 Å². The van der Waals surface area contributed by atoms with Gasteiger partial charge < -0.3 is 14.6 Å². The summed E-state index contributed by atoms with van der Waals surface area (Å²) in [7, 11) is 0. The Kier molecular flexibility index (Phi) is 6.57. The molecule has 0 bridgehead atoms. The SMILES string of the molecule is O=C([O-])COc1cc(Cl)ccc1Cl.[Na+]. The zero-order valence-corrected chi connectivity index (χ0v) is 10.9. The standard InChI is InChI=1S/C8H6Cl2O3.Na/c9-5-1-2-6(10)7(3-5)13-4-8(11)12;/h1-3H,4H2,(H,11,12);/q;+1/p-1. The molecule has 0 aromatic heterocycles. The minimum absolute atomic E-state index is 0. The quantitative estimate of drug-likeness (QED) is 0.584. The topological polar surface area (TPSA) is 49.4 Å². The first-order chi connectivity index (χ1) is 6.09. The monoisotopic (exact) mass is 242 g/mol. The number of ether oxygens (including phenoxy) is 1. The summed E-state index contributed by atoms with van der Waals surface area (Å²) >= 11 is 11.3. The normalized spacial score (nSPS) is 9.00. The predicted octanol–water partition coefficient (Wildman–Crippen LogP) is -1.87. The number of rotatable bonds is 3. The third-order valence-corrected chi connectivity index (χ3v) is 1.79. The van der Waals surface area contributed by atoms with Crippen molar-refractivity contribution in [1.82, 2.24) is 0 Å². The van der Waals surface area contributed by atoms with Gasteiger partial charge >= 0.3 is 29.6 Å². The first-order valence-corrected chi connectivity index (χ1v) is 4.13. The molecule has 0 N–H and O–H groups in total. The molecule has 0 unspecified atom stereocenters. The van der Waals surface area contributed by atoms with Gasteiger partial charge in [-0.25, -0.2) is 0 Å². The Morgan fingerprint density at radius 3 is 2.64 bits per heavy atom. The number of carbonyl (C=O) groups excluding carboxylic acids is 1. The van der Waals surface area contributed by atoms with Crippen LogP contribution in [0.15, 0.2) is 18.2 Å². The molecular formula is C8H5Cl2NaO3. The summed E-state index contributed by atoms with van der Waals surface area (Å²) in [6, 6.07) is 4.54. The first kappa shape index (κ1) is 14.1. The molecule has 1 aromatic carbocycles. The van der Waals surface area contributed by atoms with E-state index in [1.807, 2.05) is 0 Å². The van der Waals surface area contributed by atoms with Crippen molar-refractivity contribution in [3.8, 4) is 5.75 Å². The molecule has 3 nitrogen and oxygen atoms in total. The van der Waals surface area contributed by atoms with E-state index >= 15 is 0 Å². The van der Waals surface area contributed by atoms with Crippen LogP contribution in [0.3, 0.4) is 0 Å². The van der Waals surface area contributed by atoms with Crippen LogP contribution in [0.5, 0.6) is 5.75 Å². The molecule has 0 heterocycles. The molecule has 0 spiro atoms. The van der Waals surface area contributed by atoms with E-state index in [0.29, 0.717) is 10.0 Å². The van der Waals surface area contributed by atoms with Crippen molar-refractivity contribution in [3.05, 3.63) is 28.2 Å². The number of benzene rings is 1. The molecule has 1 rings (SSSR count). The summed E-state index contributed by atoms with van der Waals surface area (Å²) in [6.07, 6.45) is 0. The van der Waals surface area contributed by atoms with Gasteiger partial charge in [-0.2, -0.15) is 0 Å². The van der Waals surface area contributed by atoms with Crippen molar-refractivity contribution in [1.29, 1.82) is 0 Å². The van der Waals surface area contributed by atoms with Crippen molar-refractivity contribution >= 4 is 29.2 Å². The summed E-state index contributed by atoms with van der Waals surface area (Å²) in [6.45, 7) is -0.542. The maximum Gasteiger partial charge on any atom is 1.00 e. The van der Waals surface area contributed by atoms with Crippen molar-refractivity contribution in [3.63, 3.8) is 0 Å². The molecule has 6 heteroatoms. The maximum absolute atomic E-state index is 10.1. The summed E-state index contributed by atoms with van der Waals surface area (Å²) in [5, 5.41) is 10.8. The first-order valence-electron chi connectivity index (χ1n) is 3.37. The van der Waals surface area contributed by atoms with Crippen LogP contribution in [-0.4, -0.2) is 12.6 Å². The van der Waals surface area contributed by atoms with Crippen LogP contribution in [0.2, 0.25) is 10.0 Å². The van der Waals surface area contributed by atoms with E-state index in [1.165, 1.54) is 12.1 Å². The molecule has 0 atom stereocenters. The molecule has 0 saturated heterocycles. The third-order valence-electron chi connectivity index (χ3n) is 1.24. The van der Waals surface area contributed by atoms with Gasteiger partial charge in [-0.15, -0.1) is 0 Å². The number of carboxylic acids is 1. The zero-order valence-electron chi connectivity index (χ0n) is 7.42. The molecular weight excluding hydrogens is 238 g/mol. The number of hydrogen-bond donors (Lipinski definition) is 0. The van der Waals surface area contributed by atoms with E-state index < -0.39 is 12.6 Å². The van der Waals surface area contributed by atoms with Gasteiger partial charge in [0, 0.05) is 11.1 Å². The molecule has 0 radical (unpaired) electrons. The second-order valence-corrected chi connectivity index (χ2v) is 3.08. The van der Waals surface area contributed by atoms with Crippen LogP contribution in [0, 0.1) is 0 Å². The van der Waals surface area contributed by atoms with E-state index in [-0.39, 0.29) is 35.3 Å². The minimum atomic E-state index is -1.31. The molecule has 0 aliphatic rings. The fourth-order valence-corrected chi connectivity index (χ4v) is 1.06. The number of halogens is 2. The third kappa shape index (κ3) is 4.53. The Hall–Kier alpha value is 0.0700. The fourth-order valence-electron chi connectivity index (χ4n) is 0.724. The Morgan fingerprint density at radius 2 is 2.07 bits per heavy atom. The summed E-state index contributed by atoms with van der Waals surface area (Å²) in [5.41, 5.74) is 0. The Balaban J connectivity index is 0.00000169. The smallest absolute Gasteiger partial charge is 0.546 e. The van der Waals surface area contributed by atoms with Gasteiger partial charge in [0.15, 0.2) is 0 Å². The molecule has 0 aliphatic carbocycles. The van der Waals surface area contributed by atoms with E-state index in [2.05, 4.69) is 0 Å². The molecule has 0 saturated carbocycles. The Labute approximate surface area is 113 Å². The van der Waals surface area contributed by atoms with Crippen LogP contribution in [0.4, 0.5) is 0 Å². The van der Waals surface area contributed by atoms with Gasteiger partial charge in [-0.3, -0.25) is 0 Å². The van der Waals surface area contributed by atoms with Crippen LogP contribution in [0.25, 0.3) is 0 Å². The van der Waals surface area contributed by atoms with Crippen LogP contribution >= 0.6 is 23.2 Å². The van der Waals surface area contributed by atoms with Crippen molar-refractivity contribution < 1.29 is 44.2 Å². The number of hydrogen-bond acceptors (Lipinski definition) is 3. The average molecular weight is 243 g/mol. The summed E-state index contributed by atoms with van der Waals surface area (Å²) < 4.78 is 4.80. The van der Waals surface area contributed by atoms with E-state index in [4.69, 9.17) is 27.9 Å². The van der Waals surface area contributed by atoms with Crippen LogP contribution in [0.1, 0.15) is 0 Å². The second kappa shape index (κ2) is 6.53. The van der Waals surface area contributed by atoms with Crippen molar-refractivity contribution in [2.45, 2.75) is 0 Å². The van der Waals surface area contributed by atoms with E-state index in [0.717, 1.165) is 0 Å². The van der Waals surface area contributed by atoms with Gasteiger partial charge in [-0.1, -0.05) is 23.2 Å². The molecule has 70 valence electrons. The zero-order chi connectivity index (χ0) is 9.84. The Morgan fingerprint density at radius 1 is 1.43 bits per heavy atom. The Bertz CT molecular complexity index is 330. The molecule has 1 aromatic rings. The minimum Gasteiger partial charge on any atom is -0.546 e. The van der Waals surface area contributed by atoms with Gasteiger partial charge in [0.2, 0.25) is 0 Å². The van der Waals surface area contributed by atoms with Gasteiger partial charge in [0.1, 0.15) is 12.4 Å². The molecule has 0 amide bonds. The summed E-state index contributed by atoms with van der Waals surface area (Å²) in [4.78, 5) is 10.1. The van der Waals surface area contributed by atoms with Gasteiger partial charge in [0.25, 0.3) is 0 Å². The van der Waals surface area contributed by atoms with E-state index in [9.17, 15) is 9.90 Å². The molecule has 0 fully saturated rings. The molecule has 14 heavy (non-hydrogen) atoms. The van der Waals surface area contributed by atoms with Gasteiger partial charge in [0.05, 0.1) is 11.0 Å². The predicted molar refractivity (Wildman–Crippen MR) is 47.0 cm³/mol.